The molecule has 0 saturated heterocycles. The number of hydrogen-bond donors (Lipinski definition) is 2. The highest BCUT2D eigenvalue weighted by Gasteiger charge is 2.16. The van der Waals surface area contributed by atoms with E-state index in [2.05, 4.69) is 5.32 Å². The zero-order valence-corrected chi connectivity index (χ0v) is 9.63. The third kappa shape index (κ3) is 5.94. The minimum atomic E-state index is -0.666. The lowest BCUT2D eigenvalue weighted by atomic mass is 10.0. The van der Waals surface area contributed by atoms with Crippen molar-refractivity contribution in [2.45, 2.75) is 32.3 Å². The molecule has 4 heteroatoms. The van der Waals surface area contributed by atoms with Gasteiger partial charge in [-0.25, -0.2) is 0 Å². The van der Waals surface area contributed by atoms with Crippen molar-refractivity contribution >= 4 is 5.91 Å². The summed E-state index contributed by atoms with van der Waals surface area (Å²) in [5.41, 5.74) is -0.666. The SMILES string of the molecule is CCC(C)(O)CNCCC(=O)N(C)C. The van der Waals surface area contributed by atoms with Gasteiger partial charge in [0.2, 0.25) is 5.91 Å². The van der Waals surface area contributed by atoms with E-state index in [0.29, 0.717) is 25.9 Å². The quantitative estimate of drug-likeness (QED) is 0.606. The first-order chi connectivity index (χ1) is 6.39. The molecule has 1 unspecified atom stereocenters. The van der Waals surface area contributed by atoms with Gasteiger partial charge in [0.25, 0.3) is 0 Å². The Balaban J connectivity index is 3.52. The van der Waals surface area contributed by atoms with E-state index >= 15 is 0 Å². The predicted octanol–water partition coefficient (Wildman–Crippen LogP) is 0.215. The second kappa shape index (κ2) is 5.98. The normalized spacial score (nSPS) is 14.9. The van der Waals surface area contributed by atoms with Crippen LogP contribution in [0, 0.1) is 0 Å². The van der Waals surface area contributed by atoms with Gasteiger partial charge in [-0.05, 0) is 13.3 Å². The summed E-state index contributed by atoms with van der Waals surface area (Å²) >= 11 is 0. The summed E-state index contributed by atoms with van der Waals surface area (Å²) in [7, 11) is 3.48. The minimum absolute atomic E-state index is 0.105. The standard InChI is InChI=1S/C10H22N2O2/c1-5-10(2,14)8-11-7-6-9(13)12(3)4/h11,14H,5-8H2,1-4H3. The Morgan fingerprint density at radius 1 is 1.50 bits per heavy atom. The summed E-state index contributed by atoms with van der Waals surface area (Å²) in [6.45, 7) is 4.87. The Morgan fingerprint density at radius 2 is 2.07 bits per heavy atom. The minimum Gasteiger partial charge on any atom is -0.389 e. The van der Waals surface area contributed by atoms with Crippen molar-refractivity contribution in [1.29, 1.82) is 0 Å². The summed E-state index contributed by atoms with van der Waals surface area (Å²) in [4.78, 5) is 12.7. The molecule has 0 aromatic heterocycles. The van der Waals surface area contributed by atoms with E-state index in [4.69, 9.17) is 0 Å². The summed E-state index contributed by atoms with van der Waals surface area (Å²) < 4.78 is 0. The van der Waals surface area contributed by atoms with Crippen LogP contribution in [0.3, 0.4) is 0 Å². The molecule has 2 N–H and O–H groups in total. The van der Waals surface area contributed by atoms with Crippen LogP contribution in [0.25, 0.3) is 0 Å². The molecular weight excluding hydrogens is 180 g/mol. The summed E-state index contributed by atoms with van der Waals surface area (Å²) in [6.07, 6.45) is 1.19. The number of aliphatic hydroxyl groups is 1. The van der Waals surface area contributed by atoms with E-state index < -0.39 is 5.60 Å². The van der Waals surface area contributed by atoms with Crippen LogP contribution >= 0.6 is 0 Å². The molecule has 4 nitrogen and oxygen atoms in total. The van der Waals surface area contributed by atoms with Crippen molar-refractivity contribution in [2.24, 2.45) is 0 Å². The lowest BCUT2D eigenvalue weighted by molar-refractivity contribution is -0.128. The molecule has 84 valence electrons. The summed E-state index contributed by atoms with van der Waals surface area (Å²) in [6, 6.07) is 0. The zero-order valence-electron chi connectivity index (χ0n) is 9.63. The smallest absolute Gasteiger partial charge is 0.223 e. The molecule has 14 heavy (non-hydrogen) atoms. The summed E-state index contributed by atoms with van der Waals surface area (Å²) in [5, 5.41) is 12.7. The molecule has 0 aliphatic carbocycles. The molecule has 0 rings (SSSR count). The van der Waals surface area contributed by atoms with Gasteiger partial charge in [-0.2, -0.15) is 0 Å². The molecule has 0 aliphatic heterocycles. The fourth-order valence-electron chi connectivity index (χ4n) is 0.902. The molecule has 1 amide bonds. The number of nitrogens with zero attached hydrogens (tertiary/aromatic N) is 1. The van der Waals surface area contributed by atoms with Crippen molar-refractivity contribution in [3.63, 3.8) is 0 Å². The van der Waals surface area contributed by atoms with Gasteiger partial charge in [0.15, 0.2) is 0 Å². The molecule has 0 fully saturated rings. The number of nitrogens with one attached hydrogen (secondary N) is 1. The van der Waals surface area contributed by atoms with Gasteiger partial charge in [0, 0.05) is 33.6 Å². The van der Waals surface area contributed by atoms with Crippen LogP contribution in [-0.2, 0) is 4.79 Å². The Morgan fingerprint density at radius 3 is 2.50 bits per heavy atom. The van der Waals surface area contributed by atoms with Gasteiger partial charge in [0.1, 0.15) is 0 Å². The van der Waals surface area contributed by atoms with Gasteiger partial charge >= 0.3 is 0 Å². The highest BCUT2D eigenvalue weighted by Crippen LogP contribution is 2.05. The van der Waals surface area contributed by atoms with E-state index in [1.54, 1.807) is 25.9 Å². The fourth-order valence-corrected chi connectivity index (χ4v) is 0.902. The number of carbonyl (C=O) groups excluding carboxylic acids is 1. The average molecular weight is 202 g/mol. The van der Waals surface area contributed by atoms with Gasteiger partial charge < -0.3 is 15.3 Å². The molecule has 0 bridgehead atoms. The van der Waals surface area contributed by atoms with E-state index in [0.717, 1.165) is 0 Å². The Kier molecular flexibility index (Phi) is 5.72. The van der Waals surface area contributed by atoms with Gasteiger partial charge in [-0.15, -0.1) is 0 Å². The topological polar surface area (TPSA) is 52.6 Å². The van der Waals surface area contributed by atoms with Crippen LogP contribution < -0.4 is 5.32 Å². The Labute approximate surface area is 86.3 Å². The van der Waals surface area contributed by atoms with Crippen LogP contribution in [0.4, 0.5) is 0 Å². The number of carbonyl (C=O) groups is 1. The van der Waals surface area contributed by atoms with Crippen LogP contribution in [-0.4, -0.2) is 48.7 Å². The van der Waals surface area contributed by atoms with Crippen molar-refractivity contribution in [1.82, 2.24) is 10.2 Å². The van der Waals surface area contributed by atoms with Crippen molar-refractivity contribution < 1.29 is 9.90 Å². The maximum absolute atomic E-state index is 11.2. The molecule has 0 spiro atoms. The maximum Gasteiger partial charge on any atom is 0.223 e. The Bertz CT molecular complexity index is 179. The number of amides is 1. The maximum atomic E-state index is 11.2. The first-order valence-electron chi connectivity index (χ1n) is 5.02. The van der Waals surface area contributed by atoms with E-state index in [1.807, 2.05) is 6.92 Å². The van der Waals surface area contributed by atoms with E-state index in [-0.39, 0.29) is 5.91 Å². The first-order valence-corrected chi connectivity index (χ1v) is 5.02. The number of hydrogen-bond acceptors (Lipinski definition) is 3. The first kappa shape index (κ1) is 13.4. The second-order valence-electron chi connectivity index (χ2n) is 4.07. The molecule has 0 aromatic rings. The largest absolute Gasteiger partial charge is 0.389 e. The third-order valence-corrected chi connectivity index (χ3v) is 2.28. The van der Waals surface area contributed by atoms with E-state index in [1.165, 1.54) is 0 Å². The summed E-state index contributed by atoms with van der Waals surface area (Å²) in [5.74, 6) is 0.105. The van der Waals surface area contributed by atoms with E-state index in [9.17, 15) is 9.90 Å². The van der Waals surface area contributed by atoms with Gasteiger partial charge in [-0.1, -0.05) is 6.92 Å². The average Bonchev–Trinajstić information content (AvgIpc) is 2.12. The zero-order chi connectivity index (χ0) is 11.2. The monoisotopic (exact) mass is 202 g/mol. The molecular formula is C10H22N2O2. The molecule has 0 radical (unpaired) electrons. The molecule has 1 atom stereocenters. The third-order valence-electron chi connectivity index (χ3n) is 2.28. The lowest BCUT2D eigenvalue weighted by Gasteiger charge is -2.21. The lowest BCUT2D eigenvalue weighted by Crippen LogP contribution is -2.38. The van der Waals surface area contributed by atoms with Crippen molar-refractivity contribution in [3.05, 3.63) is 0 Å². The predicted molar refractivity (Wildman–Crippen MR) is 57.1 cm³/mol. The highest BCUT2D eigenvalue weighted by atomic mass is 16.3. The molecule has 0 heterocycles. The highest BCUT2D eigenvalue weighted by molar-refractivity contribution is 5.75. The van der Waals surface area contributed by atoms with Gasteiger partial charge in [0.05, 0.1) is 5.60 Å². The number of rotatable bonds is 6. The van der Waals surface area contributed by atoms with Crippen LogP contribution in [0.15, 0.2) is 0 Å². The van der Waals surface area contributed by atoms with Crippen LogP contribution in [0.2, 0.25) is 0 Å². The van der Waals surface area contributed by atoms with Gasteiger partial charge in [-0.3, -0.25) is 4.79 Å². The second-order valence-corrected chi connectivity index (χ2v) is 4.07. The van der Waals surface area contributed by atoms with Crippen LogP contribution in [0.5, 0.6) is 0 Å². The molecule has 0 aromatic carbocycles. The fraction of sp³-hybridized carbons (Fsp3) is 0.900. The molecule has 0 saturated carbocycles. The van der Waals surface area contributed by atoms with Crippen molar-refractivity contribution in [3.8, 4) is 0 Å². The van der Waals surface area contributed by atoms with Crippen molar-refractivity contribution in [2.75, 3.05) is 27.2 Å². The Hall–Kier alpha value is -0.610. The molecule has 0 aliphatic rings. The van der Waals surface area contributed by atoms with Crippen LogP contribution in [0.1, 0.15) is 26.7 Å².